The summed E-state index contributed by atoms with van der Waals surface area (Å²) < 4.78 is 0. The smallest absolute Gasteiger partial charge is 0.329 e. The number of carboxylic acid groups (broad SMARTS) is 2. The molecule has 122 valence electrons. The van der Waals surface area contributed by atoms with Gasteiger partial charge in [-0.3, -0.25) is 14.4 Å². The Hall–Kier alpha value is -1.81. The van der Waals surface area contributed by atoms with Crippen molar-refractivity contribution in [2.45, 2.75) is 42.8 Å². The lowest BCUT2D eigenvalue weighted by atomic mass is 9.99. The predicted molar refractivity (Wildman–Crippen MR) is 73.9 cm³/mol. The normalized spacial score (nSPS) is 30.2. The first kappa shape index (κ1) is 16.6. The molecule has 0 aromatic heterocycles. The van der Waals surface area contributed by atoms with Gasteiger partial charge in [0.25, 0.3) is 0 Å². The molecule has 2 heterocycles. The molecule has 0 aromatic carbocycles. The molecule has 2 aliphatic heterocycles. The van der Waals surface area contributed by atoms with E-state index in [4.69, 9.17) is 10.2 Å². The van der Waals surface area contributed by atoms with Gasteiger partial charge in [0.2, 0.25) is 11.8 Å². The highest BCUT2D eigenvalue weighted by Gasteiger charge is 2.57. The van der Waals surface area contributed by atoms with E-state index in [1.807, 2.05) is 0 Å². The van der Waals surface area contributed by atoms with Gasteiger partial charge in [-0.25, -0.2) is 4.79 Å². The zero-order chi connectivity index (χ0) is 16.4. The average molecular weight is 332 g/mol. The Balaban J connectivity index is 1.90. The van der Waals surface area contributed by atoms with Crippen LogP contribution in [0.5, 0.6) is 0 Å². The second kappa shape index (κ2) is 6.53. The Kier molecular flexibility index (Phi) is 4.91. The number of hydrogen-bond acceptors (Lipinski definition) is 6. The molecule has 2 aliphatic rings. The van der Waals surface area contributed by atoms with Crippen molar-refractivity contribution < 1.29 is 34.5 Å². The Morgan fingerprint density at radius 2 is 1.95 bits per heavy atom. The molecule has 0 aliphatic carbocycles. The minimum Gasteiger partial charge on any atom is -0.481 e. The lowest BCUT2D eigenvalue weighted by Gasteiger charge is -2.53. The molecule has 22 heavy (non-hydrogen) atoms. The number of β-lactam (4-membered cyclic amide) rings is 1. The van der Waals surface area contributed by atoms with Gasteiger partial charge in [-0.1, -0.05) is 0 Å². The third-order valence-corrected chi connectivity index (χ3v) is 4.92. The molecule has 10 heteroatoms. The molecule has 0 bridgehead atoms. The highest BCUT2D eigenvalue weighted by Crippen LogP contribution is 2.38. The van der Waals surface area contributed by atoms with Crippen molar-refractivity contribution in [3.05, 3.63) is 0 Å². The standard InChI is InChI=1S/C12H16N2O7S/c15-5-4-22-11-8(10(19)14(11)9(5)12(20)21)13-6(16)2-1-3-7(17)18/h5,8-9,11,15H,1-4H2,(H,13,16)(H,17,18)(H,20,21)/t5?,8-,9?,11-/m1/s1. The quantitative estimate of drug-likeness (QED) is 0.428. The maximum atomic E-state index is 12.0. The summed E-state index contributed by atoms with van der Waals surface area (Å²) in [6.07, 6.45) is -1.13. The number of fused-ring (bicyclic) bond motifs is 1. The molecule has 4 N–H and O–H groups in total. The number of nitrogens with zero attached hydrogens (tertiary/aromatic N) is 1. The van der Waals surface area contributed by atoms with Crippen LogP contribution < -0.4 is 5.32 Å². The van der Waals surface area contributed by atoms with E-state index in [-0.39, 0.29) is 25.0 Å². The monoisotopic (exact) mass is 332 g/mol. The summed E-state index contributed by atoms with van der Waals surface area (Å²) in [5, 5.41) is 29.2. The summed E-state index contributed by atoms with van der Waals surface area (Å²) in [7, 11) is 0. The molecule has 0 aromatic rings. The number of carbonyl (C=O) groups excluding carboxylic acids is 2. The van der Waals surface area contributed by atoms with E-state index in [9.17, 15) is 24.3 Å². The number of carbonyl (C=O) groups is 4. The Bertz CT molecular complexity index is 512. The highest BCUT2D eigenvalue weighted by atomic mass is 32.2. The molecule has 9 nitrogen and oxygen atoms in total. The first-order chi connectivity index (χ1) is 10.3. The fraction of sp³-hybridized carbons (Fsp3) is 0.667. The SMILES string of the molecule is O=C(O)CCCC(=O)N[C@@H]1C(=O)N2C(C(=O)O)C(O)CS[C@H]12. The first-order valence-electron chi connectivity index (χ1n) is 6.68. The lowest BCUT2D eigenvalue weighted by molar-refractivity contribution is -0.167. The Labute approximate surface area is 129 Å². The van der Waals surface area contributed by atoms with Crippen molar-refractivity contribution in [2.24, 2.45) is 0 Å². The molecular formula is C12H16N2O7S. The highest BCUT2D eigenvalue weighted by molar-refractivity contribution is 8.00. The molecule has 0 radical (unpaired) electrons. The molecule has 2 saturated heterocycles. The van der Waals surface area contributed by atoms with E-state index in [2.05, 4.69) is 5.32 Å². The van der Waals surface area contributed by atoms with Crippen LogP contribution in [0.2, 0.25) is 0 Å². The van der Waals surface area contributed by atoms with Gasteiger partial charge in [0.15, 0.2) is 6.04 Å². The molecule has 0 spiro atoms. The summed E-state index contributed by atoms with van der Waals surface area (Å²) in [4.78, 5) is 46.2. The number of hydrogen-bond donors (Lipinski definition) is 4. The summed E-state index contributed by atoms with van der Waals surface area (Å²) >= 11 is 1.21. The van der Waals surface area contributed by atoms with Gasteiger partial charge >= 0.3 is 11.9 Å². The van der Waals surface area contributed by atoms with Crippen LogP contribution in [0.15, 0.2) is 0 Å². The van der Waals surface area contributed by atoms with Crippen LogP contribution in [0.1, 0.15) is 19.3 Å². The van der Waals surface area contributed by atoms with Crippen LogP contribution in [-0.2, 0) is 19.2 Å². The van der Waals surface area contributed by atoms with Crippen molar-refractivity contribution in [3.63, 3.8) is 0 Å². The van der Waals surface area contributed by atoms with E-state index >= 15 is 0 Å². The van der Waals surface area contributed by atoms with Crippen LogP contribution in [0.3, 0.4) is 0 Å². The van der Waals surface area contributed by atoms with Gasteiger partial charge < -0.3 is 25.5 Å². The van der Waals surface area contributed by atoms with E-state index in [0.717, 1.165) is 4.90 Å². The van der Waals surface area contributed by atoms with Gasteiger partial charge in [-0.15, -0.1) is 11.8 Å². The second-order valence-corrected chi connectivity index (χ2v) is 6.26. The first-order valence-corrected chi connectivity index (χ1v) is 7.73. The van der Waals surface area contributed by atoms with Gasteiger partial charge in [0.1, 0.15) is 11.4 Å². The fourth-order valence-electron chi connectivity index (χ4n) is 2.49. The van der Waals surface area contributed by atoms with Crippen LogP contribution in [-0.4, -0.2) is 73.3 Å². The third-order valence-electron chi connectivity index (χ3n) is 3.55. The second-order valence-electron chi connectivity index (χ2n) is 5.11. The van der Waals surface area contributed by atoms with Gasteiger partial charge in [-0.2, -0.15) is 0 Å². The minimum absolute atomic E-state index is 0.0154. The number of aliphatic carboxylic acids is 2. The van der Waals surface area contributed by atoms with Crippen molar-refractivity contribution in [2.75, 3.05) is 5.75 Å². The van der Waals surface area contributed by atoms with E-state index < -0.39 is 47.3 Å². The maximum absolute atomic E-state index is 12.0. The fourth-order valence-corrected chi connectivity index (χ4v) is 3.84. The molecule has 2 fully saturated rings. The molecule has 2 amide bonds. The van der Waals surface area contributed by atoms with Gasteiger partial charge in [-0.05, 0) is 6.42 Å². The molecular weight excluding hydrogens is 316 g/mol. The maximum Gasteiger partial charge on any atom is 0.329 e. The molecule has 2 rings (SSSR count). The average Bonchev–Trinajstić information content (AvgIpc) is 2.43. The van der Waals surface area contributed by atoms with Crippen molar-refractivity contribution in [1.29, 1.82) is 0 Å². The van der Waals surface area contributed by atoms with Crippen LogP contribution in [0.25, 0.3) is 0 Å². The van der Waals surface area contributed by atoms with Crippen molar-refractivity contribution >= 4 is 35.5 Å². The summed E-state index contributed by atoms with van der Waals surface area (Å²) in [5.41, 5.74) is 0. The van der Waals surface area contributed by atoms with E-state index in [0.29, 0.717) is 0 Å². The van der Waals surface area contributed by atoms with Crippen molar-refractivity contribution in [3.8, 4) is 0 Å². The minimum atomic E-state index is -1.29. The number of nitrogens with one attached hydrogen (secondary N) is 1. The molecule has 2 unspecified atom stereocenters. The van der Waals surface area contributed by atoms with Gasteiger partial charge in [0, 0.05) is 18.6 Å². The topological polar surface area (TPSA) is 144 Å². The number of aliphatic hydroxyl groups excluding tert-OH is 1. The van der Waals surface area contributed by atoms with E-state index in [1.165, 1.54) is 11.8 Å². The van der Waals surface area contributed by atoms with Crippen LogP contribution in [0, 0.1) is 0 Å². The molecule has 4 atom stereocenters. The zero-order valence-corrected chi connectivity index (χ0v) is 12.3. The third kappa shape index (κ3) is 3.17. The largest absolute Gasteiger partial charge is 0.481 e. The predicted octanol–water partition coefficient (Wildman–Crippen LogP) is -1.54. The molecule has 0 saturated carbocycles. The zero-order valence-electron chi connectivity index (χ0n) is 11.5. The van der Waals surface area contributed by atoms with Crippen molar-refractivity contribution in [1.82, 2.24) is 10.2 Å². The summed E-state index contributed by atoms with van der Waals surface area (Å²) in [5.74, 6) is -3.11. The van der Waals surface area contributed by atoms with Crippen LogP contribution >= 0.6 is 11.8 Å². The number of amides is 2. The van der Waals surface area contributed by atoms with Gasteiger partial charge in [0.05, 0.1) is 6.10 Å². The lowest BCUT2D eigenvalue weighted by Crippen LogP contribution is -2.76. The van der Waals surface area contributed by atoms with Crippen LogP contribution in [0.4, 0.5) is 0 Å². The number of aliphatic hydroxyl groups is 1. The number of rotatable bonds is 6. The Morgan fingerprint density at radius 1 is 1.27 bits per heavy atom. The Morgan fingerprint density at radius 3 is 2.55 bits per heavy atom. The summed E-state index contributed by atoms with van der Waals surface area (Å²) in [6.45, 7) is 0. The van der Waals surface area contributed by atoms with E-state index in [1.54, 1.807) is 0 Å². The number of carboxylic acids is 2. The summed E-state index contributed by atoms with van der Waals surface area (Å²) in [6, 6.07) is -2.12. The number of thioether (sulfide) groups is 1.